The summed E-state index contributed by atoms with van der Waals surface area (Å²) in [6.07, 6.45) is 56.5. The second-order valence-corrected chi connectivity index (χ2v) is 19.9. The van der Waals surface area contributed by atoms with Crippen LogP contribution in [-0.4, -0.2) is 49.3 Å². The van der Waals surface area contributed by atoms with Gasteiger partial charge in [0.25, 0.3) is 0 Å². The number of hydrogen-bond donors (Lipinski definition) is 2. The molecule has 0 radical (unpaired) electrons. The molecule has 0 aromatic heterocycles. The Morgan fingerprint density at radius 2 is 0.778 bits per heavy atom. The molecule has 0 rings (SSSR count). The van der Waals surface area contributed by atoms with E-state index in [-0.39, 0.29) is 38.6 Å². The summed E-state index contributed by atoms with van der Waals surface area (Å²) in [5.41, 5.74) is 5.34. The molecule has 10 heteroatoms. The van der Waals surface area contributed by atoms with Crippen molar-refractivity contribution in [2.24, 2.45) is 5.73 Å². The van der Waals surface area contributed by atoms with Crippen molar-refractivity contribution in [3.63, 3.8) is 0 Å². The SMILES string of the molecule is CCCCCCCCCC/C=C\CCCCCCCCCCCCCCCCCCCCCCCCCCCC(=O)OC(COC(=O)CCCCCCC)COP(=O)(O)OCCN. The number of unbranched alkanes of at least 4 members (excludes halogenated alkanes) is 37. The molecular formula is C53H104NO8P. The first kappa shape index (κ1) is 61.8. The van der Waals surface area contributed by atoms with E-state index in [1.807, 2.05) is 0 Å². The summed E-state index contributed by atoms with van der Waals surface area (Å²) in [5, 5.41) is 0. The standard InChI is InChI=1S/C53H104NO8P/c1-3-5-7-9-10-11-12-13-14-15-16-17-18-19-20-21-22-23-24-25-26-27-28-29-30-31-32-33-34-35-36-37-38-39-40-42-44-46-53(56)62-51(50-61-63(57,58)60-48-47-54)49-59-52(55)45-43-41-8-6-4-2/h15-16,51H,3-14,17-50,54H2,1-2H3,(H,57,58)/b16-15-. The van der Waals surface area contributed by atoms with Crippen LogP contribution in [0, 0.1) is 0 Å². The summed E-state index contributed by atoms with van der Waals surface area (Å²) < 4.78 is 32.6. The molecule has 0 saturated carbocycles. The Kier molecular flexibility index (Phi) is 49.2. The summed E-state index contributed by atoms with van der Waals surface area (Å²) in [5.74, 6) is -0.829. The average Bonchev–Trinajstić information content (AvgIpc) is 3.27. The van der Waals surface area contributed by atoms with E-state index in [1.54, 1.807) is 0 Å². The summed E-state index contributed by atoms with van der Waals surface area (Å²) in [4.78, 5) is 34.6. The van der Waals surface area contributed by atoms with Crippen molar-refractivity contribution >= 4 is 19.8 Å². The molecule has 0 spiro atoms. The third-order valence-electron chi connectivity index (χ3n) is 12.2. The fourth-order valence-corrected chi connectivity index (χ4v) is 8.87. The number of ether oxygens (including phenoxy) is 2. The lowest BCUT2D eigenvalue weighted by atomic mass is 10.0. The molecule has 0 fully saturated rings. The lowest BCUT2D eigenvalue weighted by Crippen LogP contribution is -2.29. The average molecular weight is 914 g/mol. The van der Waals surface area contributed by atoms with Crippen LogP contribution < -0.4 is 5.73 Å². The molecule has 9 nitrogen and oxygen atoms in total. The lowest BCUT2D eigenvalue weighted by Gasteiger charge is -2.19. The van der Waals surface area contributed by atoms with Crippen molar-refractivity contribution in [1.82, 2.24) is 0 Å². The topological polar surface area (TPSA) is 134 Å². The van der Waals surface area contributed by atoms with Crippen molar-refractivity contribution < 1.29 is 37.6 Å². The van der Waals surface area contributed by atoms with Crippen molar-refractivity contribution in [2.45, 2.75) is 290 Å². The Balaban J connectivity index is 3.60. The van der Waals surface area contributed by atoms with Crippen LogP contribution in [0.25, 0.3) is 0 Å². The monoisotopic (exact) mass is 914 g/mol. The van der Waals surface area contributed by atoms with Gasteiger partial charge in [-0.1, -0.05) is 244 Å². The van der Waals surface area contributed by atoms with Gasteiger partial charge in [0.05, 0.1) is 13.2 Å². The van der Waals surface area contributed by atoms with Crippen molar-refractivity contribution in [3.8, 4) is 0 Å². The number of allylic oxidation sites excluding steroid dienone is 2. The zero-order chi connectivity index (χ0) is 46.0. The number of carbonyl (C=O) groups is 2. The fourth-order valence-electron chi connectivity index (χ4n) is 8.10. The molecule has 0 saturated heterocycles. The van der Waals surface area contributed by atoms with Crippen LogP contribution in [0.2, 0.25) is 0 Å². The minimum absolute atomic E-state index is 0.0568. The van der Waals surface area contributed by atoms with Gasteiger partial charge in [-0.2, -0.15) is 0 Å². The Morgan fingerprint density at radius 3 is 1.13 bits per heavy atom. The molecule has 0 aromatic rings. The number of esters is 2. The molecule has 0 aromatic carbocycles. The van der Waals surface area contributed by atoms with E-state index in [2.05, 4.69) is 26.0 Å². The molecular weight excluding hydrogens is 810 g/mol. The quantitative estimate of drug-likeness (QED) is 0.0265. The lowest BCUT2D eigenvalue weighted by molar-refractivity contribution is -0.161. The number of phosphoric acid groups is 1. The van der Waals surface area contributed by atoms with Gasteiger partial charge in [-0.05, 0) is 38.5 Å². The molecule has 3 N–H and O–H groups in total. The number of rotatable bonds is 52. The number of carbonyl (C=O) groups excluding carboxylic acids is 2. The summed E-state index contributed by atoms with van der Waals surface area (Å²) >= 11 is 0. The highest BCUT2D eigenvalue weighted by molar-refractivity contribution is 7.47. The van der Waals surface area contributed by atoms with E-state index in [9.17, 15) is 19.0 Å². The zero-order valence-electron chi connectivity index (χ0n) is 41.6. The van der Waals surface area contributed by atoms with Gasteiger partial charge in [-0.25, -0.2) is 4.57 Å². The Hall–Kier alpha value is -1.25. The van der Waals surface area contributed by atoms with E-state index < -0.39 is 26.5 Å². The first-order chi connectivity index (χ1) is 30.8. The molecule has 2 unspecified atom stereocenters. The second-order valence-electron chi connectivity index (χ2n) is 18.5. The Bertz CT molecular complexity index is 1040. The normalized spacial score (nSPS) is 13.1. The maximum absolute atomic E-state index is 12.6. The predicted octanol–water partition coefficient (Wildman–Crippen LogP) is 16.5. The van der Waals surface area contributed by atoms with Crippen LogP contribution in [0.15, 0.2) is 12.2 Å². The highest BCUT2D eigenvalue weighted by Gasteiger charge is 2.26. The maximum atomic E-state index is 12.6. The molecule has 2 atom stereocenters. The molecule has 0 aliphatic carbocycles. The minimum Gasteiger partial charge on any atom is -0.462 e. The van der Waals surface area contributed by atoms with Crippen molar-refractivity contribution in [1.29, 1.82) is 0 Å². The molecule has 0 heterocycles. The molecule has 0 aliphatic heterocycles. The summed E-state index contributed by atoms with van der Waals surface area (Å²) in [6.45, 7) is 3.67. The van der Waals surface area contributed by atoms with E-state index >= 15 is 0 Å². The Labute approximate surface area is 389 Å². The highest BCUT2D eigenvalue weighted by Crippen LogP contribution is 2.43. The van der Waals surface area contributed by atoms with Gasteiger partial charge in [-0.3, -0.25) is 18.6 Å². The zero-order valence-corrected chi connectivity index (χ0v) is 42.5. The summed E-state index contributed by atoms with van der Waals surface area (Å²) in [6, 6.07) is 0. The van der Waals surface area contributed by atoms with Crippen LogP contribution in [0.1, 0.15) is 284 Å². The van der Waals surface area contributed by atoms with Crippen LogP contribution in [0.3, 0.4) is 0 Å². The van der Waals surface area contributed by atoms with E-state index in [4.69, 9.17) is 24.3 Å². The van der Waals surface area contributed by atoms with Crippen molar-refractivity contribution in [3.05, 3.63) is 12.2 Å². The number of hydrogen-bond acceptors (Lipinski definition) is 8. The van der Waals surface area contributed by atoms with Gasteiger partial charge in [0.15, 0.2) is 6.10 Å². The van der Waals surface area contributed by atoms with Gasteiger partial charge in [0.1, 0.15) is 6.61 Å². The third kappa shape index (κ3) is 50.0. The van der Waals surface area contributed by atoms with Gasteiger partial charge >= 0.3 is 19.8 Å². The molecule has 374 valence electrons. The molecule has 0 aliphatic rings. The largest absolute Gasteiger partial charge is 0.472 e. The van der Waals surface area contributed by atoms with Crippen LogP contribution >= 0.6 is 7.82 Å². The van der Waals surface area contributed by atoms with E-state index in [0.29, 0.717) is 6.42 Å². The van der Waals surface area contributed by atoms with E-state index in [0.717, 1.165) is 44.9 Å². The predicted molar refractivity (Wildman–Crippen MR) is 266 cm³/mol. The van der Waals surface area contributed by atoms with E-state index in [1.165, 1.54) is 205 Å². The second kappa shape index (κ2) is 50.2. The van der Waals surface area contributed by atoms with Crippen LogP contribution in [0.4, 0.5) is 0 Å². The number of phosphoric ester groups is 1. The van der Waals surface area contributed by atoms with Gasteiger partial charge < -0.3 is 20.1 Å². The van der Waals surface area contributed by atoms with Gasteiger partial charge in [0.2, 0.25) is 0 Å². The maximum Gasteiger partial charge on any atom is 0.472 e. The van der Waals surface area contributed by atoms with Gasteiger partial charge in [0, 0.05) is 19.4 Å². The summed E-state index contributed by atoms with van der Waals surface area (Å²) in [7, 11) is -4.36. The fraction of sp³-hybridized carbons (Fsp3) is 0.925. The Morgan fingerprint density at radius 1 is 0.460 bits per heavy atom. The first-order valence-electron chi connectivity index (χ1n) is 27.2. The smallest absolute Gasteiger partial charge is 0.462 e. The van der Waals surface area contributed by atoms with Crippen molar-refractivity contribution in [2.75, 3.05) is 26.4 Å². The highest BCUT2D eigenvalue weighted by atomic mass is 31.2. The molecule has 0 bridgehead atoms. The van der Waals surface area contributed by atoms with Crippen LogP contribution in [-0.2, 0) is 32.7 Å². The first-order valence-corrected chi connectivity index (χ1v) is 28.7. The third-order valence-corrected chi connectivity index (χ3v) is 13.1. The molecule has 0 amide bonds. The number of nitrogens with two attached hydrogens (primary N) is 1. The van der Waals surface area contributed by atoms with Crippen LogP contribution in [0.5, 0.6) is 0 Å². The minimum atomic E-state index is -4.36. The molecule has 63 heavy (non-hydrogen) atoms. The van der Waals surface area contributed by atoms with Gasteiger partial charge in [-0.15, -0.1) is 0 Å².